The third-order valence-corrected chi connectivity index (χ3v) is 3.43. The summed E-state index contributed by atoms with van der Waals surface area (Å²) in [6.45, 7) is 0. The lowest BCUT2D eigenvalue weighted by Gasteiger charge is -2.05. The molecule has 0 aliphatic carbocycles. The third-order valence-electron chi connectivity index (χ3n) is 3.43. The van der Waals surface area contributed by atoms with E-state index in [1.165, 1.54) is 7.11 Å². The second-order valence-corrected chi connectivity index (χ2v) is 5.06. The standard InChI is InChI=1S/C18H15N3O3/c1-24-18(23)13-8-5-9-14(10-13)19-17(22)16-11-15(20-21-16)12-6-3-2-4-7-12/h2-11H,1H3,(H,19,22)(H,20,21). The summed E-state index contributed by atoms with van der Waals surface area (Å²) in [6.07, 6.45) is 0. The lowest BCUT2D eigenvalue weighted by atomic mass is 10.1. The van der Waals surface area contributed by atoms with Gasteiger partial charge in [0, 0.05) is 11.3 Å². The van der Waals surface area contributed by atoms with Crippen LogP contribution in [0.3, 0.4) is 0 Å². The molecule has 3 aromatic rings. The number of aromatic amines is 1. The highest BCUT2D eigenvalue weighted by molar-refractivity contribution is 6.04. The van der Waals surface area contributed by atoms with Gasteiger partial charge in [0.05, 0.1) is 18.4 Å². The molecule has 0 radical (unpaired) electrons. The number of nitrogens with one attached hydrogen (secondary N) is 2. The van der Waals surface area contributed by atoms with Gasteiger partial charge in [-0.05, 0) is 24.3 Å². The Kier molecular flexibility index (Phi) is 4.38. The molecule has 0 fully saturated rings. The lowest BCUT2D eigenvalue weighted by molar-refractivity contribution is 0.0600. The van der Waals surface area contributed by atoms with Gasteiger partial charge in [-0.3, -0.25) is 9.89 Å². The summed E-state index contributed by atoms with van der Waals surface area (Å²) in [7, 11) is 1.31. The first kappa shape index (κ1) is 15.5. The van der Waals surface area contributed by atoms with Gasteiger partial charge in [-0.1, -0.05) is 36.4 Å². The monoisotopic (exact) mass is 321 g/mol. The fraction of sp³-hybridized carbons (Fsp3) is 0.0556. The minimum atomic E-state index is -0.459. The van der Waals surface area contributed by atoms with Gasteiger partial charge in [0.25, 0.3) is 5.91 Å². The quantitative estimate of drug-likeness (QED) is 0.723. The zero-order valence-corrected chi connectivity index (χ0v) is 12.9. The maximum atomic E-state index is 12.3. The summed E-state index contributed by atoms with van der Waals surface area (Å²) in [6, 6.07) is 17.8. The Labute approximate surface area is 138 Å². The predicted octanol–water partition coefficient (Wildman–Crippen LogP) is 3.12. The van der Waals surface area contributed by atoms with E-state index in [1.54, 1.807) is 30.3 Å². The first-order valence-electron chi connectivity index (χ1n) is 7.28. The van der Waals surface area contributed by atoms with Crippen molar-refractivity contribution in [3.05, 3.63) is 71.9 Å². The van der Waals surface area contributed by atoms with Gasteiger partial charge in [0.15, 0.2) is 0 Å². The van der Waals surface area contributed by atoms with Gasteiger partial charge in [0.1, 0.15) is 5.69 Å². The molecular formula is C18H15N3O3. The number of ether oxygens (including phenoxy) is 1. The van der Waals surface area contributed by atoms with Crippen LogP contribution in [0.5, 0.6) is 0 Å². The van der Waals surface area contributed by atoms with E-state index in [0.29, 0.717) is 22.6 Å². The molecule has 120 valence electrons. The Morgan fingerprint density at radius 1 is 1.04 bits per heavy atom. The van der Waals surface area contributed by atoms with Crippen LogP contribution in [0.2, 0.25) is 0 Å². The van der Waals surface area contributed by atoms with Crippen LogP contribution in [0.15, 0.2) is 60.7 Å². The van der Waals surface area contributed by atoms with Crippen molar-refractivity contribution in [3.8, 4) is 11.3 Å². The van der Waals surface area contributed by atoms with E-state index < -0.39 is 5.97 Å². The number of hydrogen-bond acceptors (Lipinski definition) is 4. The molecule has 0 saturated heterocycles. The van der Waals surface area contributed by atoms with Crippen LogP contribution >= 0.6 is 0 Å². The number of H-pyrrole nitrogens is 1. The van der Waals surface area contributed by atoms with Crippen LogP contribution < -0.4 is 5.32 Å². The highest BCUT2D eigenvalue weighted by atomic mass is 16.5. The maximum Gasteiger partial charge on any atom is 0.337 e. The second kappa shape index (κ2) is 6.78. The van der Waals surface area contributed by atoms with Crippen LogP contribution in [0.4, 0.5) is 5.69 Å². The zero-order chi connectivity index (χ0) is 16.9. The van der Waals surface area contributed by atoms with Crippen molar-refractivity contribution in [2.75, 3.05) is 12.4 Å². The molecule has 24 heavy (non-hydrogen) atoms. The average molecular weight is 321 g/mol. The second-order valence-electron chi connectivity index (χ2n) is 5.06. The summed E-state index contributed by atoms with van der Waals surface area (Å²) >= 11 is 0. The van der Waals surface area contributed by atoms with Crippen molar-refractivity contribution in [2.24, 2.45) is 0 Å². The smallest absolute Gasteiger partial charge is 0.337 e. The van der Waals surface area contributed by atoms with Gasteiger partial charge in [0.2, 0.25) is 0 Å². The molecule has 0 bridgehead atoms. The molecule has 0 aliphatic heterocycles. The minimum absolute atomic E-state index is 0.331. The molecule has 1 heterocycles. The molecule has 3 rings (SSSR count). The summed E-state index contributed by atoms with van der Waals surface area (Å²) < 4.78 is 4.67. The summed E-state index contributed by atoms with van der Waals surface area (Å²) in [5.74, 6) is -0.800. The minimum Gasteiger partial charge on any atom is -0.465 e. The SMILES string of the molecule is COC(=O)c1cccc(NC(=O)c2cc(-c3ccccc3)n[nH]2)c1. The number of hydrogen-bond donors (Lipinski definition) is 2. The maximum absolute atomic E-state index is 12.3. The van der Waals surface area contributed by atoms with Crippen molar-refractivity contribution >= 4 is 17.6 Å². The molecule has 6 heteroatoms. The van der Waals surface area contributed by atoms with E-state index in [2.05, 4.69) is 20.3 Å². The Morgan fingerprint density at radius 3 is 2.58 bits per heavy atom. The number of benzene rings is 2. The van der Waals surface area contributed by atoms with Gasteiger partial charge in [-0.25, -0.2) is 4.79 Å². The van der Waals surface area contributed by atoms with Gasteiger partial charge in [-0.2, -0.15) is 5.10 Å². The largest absolute Gasteiger partial charge is 0.465 e. The molecule has 0 saturated carbocycles. The van der Waals surface area contributed by atoms with Crippen molar-refractivity contribution < 1.29 is 14.3 Å². The summed E-state index contributed by atoms with van der Waals surface area (Å²) in [5.41, 5.74) is 2.80. The Bertz CT molecular complexity index is 872. The van der Waals surface area contributed by atoms with Crippen LogP contribution in [-0.2, 0) is 4.74 Å². The van der Waals surface area contributed by atoms with Crippen LogP contribution in [-0.4, -0.2) is 29.2 Å². The molecule has 0 spiro atoms. The highest BCUT2D eigenvalue weighted by Gasteiger charge is 2.12. The normalized spacial score (nSPS) is 10.2. The van der Waals surface area contributed by atoms with E-state index >= 15 is 0 Å². The summed E-state index contributed by atoms with van der Waals surface area (Å²) in [5, 5.41) is 9.59. The molecule has 0 atom stereocenters. The van der Waals surface area contributed by atoms with E-state index in [0.717, 1.165) is 5.56 Å². The number of rotatable bonds is 4. The van der Waals surface area contributed by atoms with Gasteiger partial charge >= 0.3 is 5.97 Å². The van der Waals surface area contributed by atoms with Crippen LogP contribution in [0.1, 0.15) is 20.8 Å². The number of anilines is 1. The van der Waals surface area contributed by atoms with Crippen LogP contribution in [0, 0.1) is 0 Å². The average Bonchev–Trinajstić information content (AvgIpc) is 3.12. The number of carbonyl (C=O) groups is 2. The molecule has 1 amide bonds. The number of amides is 1. The molecule has 2 N–H and O–H groups in total. The van der Waals surface area contributed by atoms with E-state index in [4.69, 9.17) is 0 Å². The Hall–Kier alpha value is -3.41. The van der Waals surface area contributed by atoms with Gasteiger partial charge < -0.3 is 10.1 Å². The highest BCUT2D eigenvalue weighted by Crippen LogP contribution is 2.18. The number of aromatic nitrogens is 2. The number of nitrogens with zero attached hydrogens (tertiary/aromatic N) is 1. The fourth-order valence-corrected chi connectivity index (χ4v) is 2.24. The molecule has 6 nitrogen and oxygen atoms in total. The fourth-order valence-electron chi connectivity index (χ4n) is 2.24. The number of carbonyl (C=O) groups excluding carboxylic acids is 2. The zero-order valence-electron chi connectivity index (χ0n) is 12.9. The number of esters is 1. The van der Waals surface area contributed by atoms with Crippen molar-refractivity contribution in [1.82, 2.24) is 10.2 Å². The molecular weight excluding hydrogens is 306 g/mol. The molecule has 1 aromatic heterocycles. The topological polar surface area (TPSA) is 84.1 Å². The first-order chi connectivity index (χ1) is 11.7. The Balaban J connectivity index is 1.76. The Morgan fingerprint density at radius 2 is 1.83 bits per heavy atom. The third kappa shape index (κ3) is 3.33. The predicted molar refractivity (Wildman–Crippen MR) is 89.8 cm³/mol. The molecule has 0 aliphatic rings. The van der Waals surface area contributed by atoms with Gasteiger partial charge in [-0.15, -0.1) is 0 Å². The van der Waals surface area contributed by atoms with Crippen molar-refractivity contribution in [3.63, 3.8) is 0 Å². The van der Waals surface area contributed by atoms with Crippen molar-refractivity contribution in [2.45, 2.75) is 0 Å². The van der Waals surface area contributed by atoms with Crippen LogP contribution in [0.25, 0.3) is 11.3 Å². The van der Waals surface area contributed by atoms with E-state index in [-0.39, 0.29) is 5.91 Å². The summed E-state index contributed by atoms with van der Waals surface area (Å²) in [4.78, 5) is 23.8. The lowest BCUT2D eigenvalue weighted by Crippen LogP contribution is -2.13. The molecule has 2 aromatic carbocycles. The number of methoxy groups -OCH3 is 1. The van der Waals surface area contributed by atoms with Crippen molar-refractivity contribution in [1.29, 1.82) is 0 Å². The molecule has 0 unspecified atom stereocenters. The van der Waals surface area contributed by atoms with E-state index in [9.17, 15) is 9.59 Å². The van der Waals surface area contributed by atoms with E-state index in [1.807, 2.05) is 30.3 Å². The first-order valence-corrected chi connectivity index (χ1v) is 7.28.